The molecule has 0 saturated heterocycles. The predicted octanol–water partition coefficient (Wildman–Crippen LogP) is 10.6. The van der Waals surface area contributed by atoms with E-state index < -0.39 is 0 Å². The van der Waals surface area contributed by atoms with E-state index in [1.807, 2.05) is 72.8 Å². The van der Waals surface area contributed by atoms with Gasteiger partial charge in [-0.15, -0.1) is 13.2 Å². The molecule has 0 aliphatic heterocycles. The second-order valence-electron chi connectivity index (χ2n) is 15.6. The normalized spacial score (nSPS) is 18.6. The van der Waals surface area contributed by atoms with Crippen LogP contribution in [0.1, 0.15) is 97.4 Å². The molecule has 4 heterocycles. The lowest BCUT2D eigenvalue weighted by Crippen LogP contribution is -2.38. The third-order valence-corrected chi connectivity index (χ3v) is 12.7. The Morgan fingerprint density at radius 2 is 1.18 bits per heavy atom. The summed E-state index contributed by atoms with van der Waals surface area (Å²) in [5, 5.41) is 6.47. The van der Waals surface area contributed by atoms with Gasteiger partial charge in [-0.05, 0) is 81.5 Å². The van der Waals surface area contributed by atoms with Crippen molar-refractivity contribution >= 4 is 72.5 Å². The zero-order valence-electron chi connectivity index (χ0n) is 34.3. The smallest absolute Gasteiger partial charge is 0.407 e. The van der Waals surface area contributed by atoms with Gasteiger partial charge in [0.15, 0.2) is 11.0 Å². The lowest BCUT2D eigenvalue weighted by atomic mass is 9.85. The number of nitrogens with one attached hydrogen (secondary N) is 2. The van der Waals surface area contributed by atoms with Crippen LogP contribution in [0.4, 0.5) is 15.4 Å². The molecular weight excluding hydrogens is 938 g/mol. The molecule has 62 heavy (non-hydrogen) atoms. The van der Waals surface area contributed by atoms with Crippen molar-refractivity contribution in [2.24, 2.45) is 0 Å². The Hall–Kier alpha value is -5.25. The summed E-state index contributed by atoms with van der Waals surface area (Å²) in [5.74, 6) is 2.70. The van der Waals surface area contributed by atoms with E-state index in [1.54, 1.807) is 12.4 Å². The highest BCUT2D eigenvalue weighted by atomic mass is 79.9. The number of halogens is 3. The number of anilines is 1. The second-order valence-corrected chi connectivity index (χ2v) is 17.4. The summed E-state index contributed by atoms with van der Waals surface area (Å²) in [5.41, 5.74) is 11.6. The number of carbonyl (C=O) groups is 2. The van der Waals surface area contributed by atoms with Crippen molar-refractivity contribution in [1.29, 1.82) is 0 Å². The molecule has 324 valence electrons. The Morgan fingerprint density at radius 3 is 1.66 bits per heavy atom. The Bertz CT molecular complexity index is 2340. The molecule has 2 saturated carbocycles. The summed E-state index contributed by atoms with van der Waals surface area (Å²) in [6, 6.07) is 19.4. The summed E-state index contributed by atoms with van der Waals surface area (Å²) < 4.78 is 16.3. The molecule has 4 aromatic heterocycles. The van der Waals surface area contributed by atoms with E-state index in [0.29, 0.717) is 33.0 Å². The van der Waals surface area contributed by atoms with Crippen LogP contribution in [0, 0.1) is 0 Å². The summed E-state index contributed by atoms with van der Waals surface area (Å²) in [7, 11) is 0. The number of aromatic nitrogens is 6. The molecule has 6 aromatic rings. The summed E-state index contributed by atoms with van der Waals surface area (Å²) in [4.78, 5) is 42.8. The molecule has 0 radical (unpaired) electrons. The molecule has 8 rings (SSSR count). The fourth-order valence-corrected chi connectivity index (χ4v) is 9.86. The van der Waals surface area contributed by atoms with Crippen molar-refractivity contribution in [3.8, 4) is 0 Å². The molecule has 0 spiro atoms. The number of hydrogen-bond donors (Lipinski definition) is 3. The maximum Gasteiger partial charge on any atom is 0.407 e. The number of amides is 2. The molecule has 0 bridgehead atoms. The average Bonchev–Trinajstić information content (AvgIpc) is 3.83. The van der Waals surface area contributed by atoms with Crippen LogP contribution in [0.2, 0.25) is 5.15 Å². The number of ether oxygens (including phenoxy) is 2. The fourth-order valence-electron chi connectivity index (χ4n) is 8.42. The molecule has 4 N–H and O–H groups in total. The van der Waals surface area contributed by atoms with Gasteiger partial charge in [-0.2, -0.15) is 0 Å². The number of rotatable bonds is 12. The molecule has 2 aromatic carbocycles. The number of carbonyl (C=O) groups excluding carboxylic acids is 2. The number of benzene rings is 2. The van der Waals surface area contributed by atoms with E-state index >= 15 is 0 Å². The highest BCUT2D eigenvalue weighted by Gasteiger charge is 2.31. The van der Waals surface area contributed by atoms with Gasteiger partial charge in [0.05, 0.1) is 0 Å². The maximum atomic E-state index is 12.3. The minimum atomic E-state index is -0.386. The zero-order valence-corrected chi connectivity index (χ0v) is 38.2. The number of fused-ring (bicyclic) bond motifs is 2. The van der Waals surface area contributed by atoms with Crippen LogP contribution in [0.3, 0.4) is 0 Å². The van der Waals surface area contributed by atoms with Crippen molar-refractivity contribution in [3.63, 3.8) is 0 Å². The maximum absolute atomic E-state index is 12.3. The minimum absolute atomic E-state index is 0.0355. The van der Waals surface area contributed by atoms with Gasteiger partial charge in [-0.25, -0.2) is 29.5 Å². The molecule has 13 nitrogen and oxygen atoms in total. The standard InChI is InChI=1S/C23H24BrClN4O2.C23H26BrN5O2/c2*1-2-7-18-13-26-21(25)19-20(24)28-22(29(18)19)16-10-6-11-17(12-16)27-23(30)31-14-15-8-4-3-5-9-15/h2-5,8-9,13,16-17H,1,6-7,10-12,14H2,(H,27,30);2-5,8-9,13,16-17H,1,6-7,10-12,14H2,(H2,25,26)(H,27,30)/t2*16-,17-/m11/s1. The first-order valence-electron chi connectivity index (χ1n) is 20.8. The fraction of sp³-hybridized carbons (Fsp3) is 0.348. The summed E-state index contributed by atoms with van der Waals surface area (Å²) in [6.45, 7) is 8.23. The predicted molar refractivity (Wildman–Crippen MR) is 248 cm³/mol. The van der Waals surface area contributed by atoms with Gasteiger partial charge in [-0.3, -0.25) is 8.80 Å². The molecule has 2 aliphatic rings. The summed E-state index contributed by atoms with van der Waals surface area (Å²) >= 11 is 13.5. The van der Waals surface area contributed by atoms with Crippen LogP contribution in [0.15, 0.2) is 108 Å². The van der Waals surface area contributed by atoms with Gasteiger partial charge < -0.3 is 25.8 Å². The van der Waals surface area contributed by atoms with Crippen molar-refractivity contribution in [2.75, 3.05) is 5.73 Å². The Balaban J connectivity index is 0.000000186. The van der Waals surface area contributed by atoms with Crippen molar-refractivity contribution in [2.45, 2.75) is 101 Å². The number of imidazole rings is 2. The Morgan fingerprint density at radius 1 is 0.726 bits per heavy atom. The number of nitrogens with two attached hydrogens (primary N) is 1. The number of allylic oxidation sites excluding steroid dienone is 2. The lowest BCUT2D eigenvalue weighted by Gasteiger charge is -2.29. The molecule has 0 unspecified atom stereocenters. The van der Waals surface area contributed by atoms with Gasteiger partial charge in [0, 0.05) is 60.5 Å². The highest BCUT2D eigenvalue weighted by Crippen LogP contribution is 2.38. The molecule has 16 heteroatoms. The van der Waals surface area contributed by atoms with E-state index in [2.05, 4.69) is 74.4 Å². The Kier molecular flexibility index (Phi) is 15.3. The zero-order chi connectivity index (χ0) is 43.6. The van der Waals surface area contributed by atoms with Crippen molar-refractivity contribution in [3.05, 3.63) is 147 Å². The van der Waals surface area contributed by atoms with Crippen LogP contribution in [0.25, 0.3) is 11.0 Å². The van der Waals surface area contributed by atoms with E-state index in [9.17, 15) is 9.59 Å². The first-order chi connectivity index (χ1) is 30.1. The van der Waals surface area contributed by atoms with Crippen LogP contribution in [-0.2, 0) is 35.5 Å². The van der Waals surface area contributed by atoms with Crippen LogP contribution < -0.4 is 16.4 Å². The van der Waals surface area contributed by atoms with E-state index in [0.717, 1.165) is 96.6 Å². The SMILES string of the molecule is C=CCc1cnc(Cl)c2c(Br)nc([C@@H]3CCC[C@@H](NC(=O)OCc4ccccc4)C3)n12.C=CCc1cnc(N)c2c(Br)nc([C@@H]3CCC[C@@H](NC(=O)OCc4ccccc4)C3)n12. The van der Waals surface area contributed by atoms with Gasteiger partial charge in [0.2, 0.25) is 0 Å². The molecule has 2 amide bonds. The van der Waals surface area contributed by atoms with Gasteiger partial charge in [0.25, 0.3) is 0 Å². The van der Waals surface area contributed by atoms with E-state index in [1.165, 1.54) is 0 Å². The molecule has 4 atom stereocenters. The van der Waals surface area contributed by atoms with E-state index in [-0.39, 0.29) is 49.3 Å². The minimum Gasteiger partial charge on any atom is -0.445 e. The average molecular weight is 988 g/mol. The first kappa shape index (κ1) is 44.8. The molecular formula is C46H50Br2ClN9O4. The van der Waals surface area contributed by atoms with Crippen LogP contribution >= 0.6 is 43.5 Å². The number of hydrogen-bond acceptors (Lipinski definition) is 9. The monoisotopic (exact) mass is 985 g/mol. The number of alkyl carbamates (subject to hydrolysis) is 2. The van der Waals surface area contributed by atoms with E-state index in [4.69, 9.17) is 36.8 Å². The van der Waals surface area contributed by atoms with Gasteiger partial charge in [-0.1, -0.05) is 97.3 Å². The largest absolute Gasteiger partial charge is 0.445 e. The first-order valence-corrected chi connectivity index (χ1v) is 22.8. The number of nitrogens with zero attached hydrogens (tertiary/aromatic N) is 6. The van der Waals surface area contributed by atoms with Crippen molar-refractivity contribution < 1.29 is 19.1 Å². The van der Waals surface area contributed by atoms with Crippen LogP contribution in [0.5, 0.6) is 0 Å². The third kappa shape index (κ3) is 10.8. The van der Waals surface area contributed by atoms with Crippen LogP contribution in [-0.4, -0.2) is 53.0 Å². The third-order valence-electron chi connectivity index (χ3n) is 11.3. The van der Waals surface area contributed by atoms with Gasteiger partial charge >= 0.3 is 12.2 Å². The topological polar surface area (TPSA) is 163 Å². The quantitative estimate of drug-likeness (QED) is 0.101. The number of nitrogen functional groups attached to an aromatic ring is 1. The molecule has 2 aliphatic carbocycles. The Labute approximate surface area is 382 Å². The summed E-state index contributed by atoms with van der Waals surface area (Å²) in [6.07, 6.45) is 15.2. The lowest BCUT2D eigenvalue weighted by molar-refractivity contribution is 0.131. The second kappa shape index (κ2) is 21.2. The van der Waals surface area contributed by atoms with Crippen molar-refractivity contribution in [1.82, 2.24) is 39.4 Å². The van der Waals surface area contributed by atoms with Gasteiger partial charge in [0.1, 0.15) is 45.1 Å². The molecule has 2 fully saturated rings. The highest BCUT2D eigenvalue weighted by molar-refractivity contribution is 9.10.